The second-order valence-corrected chi connectivity index (χ2v) is 6.97. The molecular formula is C10H19NO2S. The van der Waals surface area contributed by atoms with Crippen molar-refractivity contribution in [3.05, 3.63) is 0 Å². The van der Waals surface area contributed by atoms with Gasteiger partial charge in [-0.05, 0) is 32.9 Å². The first-order valence-corrected chi connectivity index (χ1v) is 7.22. The molecule has 2 rings (SSSR count). The summed E-state index contributed by atoms with van der Waals surface area (Å²) in [6.07, 6.45) is 3.34. The number of likely N-dealkylation sites (tertiary alicyclic amines) is 1. The van der Waals surface area contributed by atoms with Gasteiger partial charge in [0.2, 0.25) is 0 Å². The highest BCUT2D eigenvalue weighted by molar-refractivity contribution is 7.92. The molecule has 0 aromatic heterocycles. The van der Waals surface area contributed by atoms with E-state index in [0.717, 1.165) is 25.8 Å². The number of nitrogens with zero attached hydrogens (tertiary/aromatic N) is 1. The Morgan fingerprint density at radius 1 is 1.43 bits per heavy atom. The van der Waals surface area contributed by atoms with Crippen LogP contribution >= 0.6 is 0 Å². The van der Waals surface area contributed by atoms with Crippen LogP contribution in [0.4, 0.5) is 0 Å². The van der Waals surface area contributed by atoms with Gasteiger partial charge in [-0.1, -0.05) is 6.92 Å². The van der Waals surface area contributed by atoms with Gasteiger partial charge >= 0.3 is 0 Å². The Morgan fingerprint density at radius 3 is 2.57 bits per heavy atom. The number of hydrogen-bond acceptors (Lipinski definition) is 3. The van der Waals surface area contributed by atoms with Gasteiger partial charge in [-0.25, -0.2) is 8.42 Å². The average molecular weight is 217 g/mol. The molecule has 1 spiro atoms. The standard InChI is InChI=1S/C10H19NO2S/c1-3-9-10(5-4-6-11(9)2)7-14(12,13)8-10/h9H,3-8H2,1-2H3. The molecule has 0 N–H and O–H groups in total. The zero-order chi connectivity index (χ0) is 10.4. The lowest BCUT2D eigenvalue weighted by atomic mass is 9.74. The van der Waals surface area contributed by atoms with Crippen LogP contribution in [0.15, 0.2) is 0 Å². The second-order valence-electron chi connectivity index (χ2n) is 4.90. The van der Waals surface area contributed by atoms with E-state index in [1.165, 1.54) is 0 Å². The van der Waals surface area contributed by atoms with Crippen molar-refractivity contribution in [2.75, 3.05) is 25.1 Å². The minimum Gasteiger partial charge on any atom is -0.303 e. The summed E-state index contributed by atoms with van der Waals surface area (Å²) in [6, 6.07) is 0.486. The van der Waals surface area contributed by atoms with Gasteiger partial charge in [0, 0.05) is 11.5 Å². The Labute approximate surface area is 86.4 Å². The summed E-state index contributed by atoms with van der Waals surface area (Å²) < 4.78 is 22.6. The highest BCUT2D eigenvalue weighted by Gasteiger charge is 2.54. The molecule has 82 valence electrons. The van der Waals surface area contributed by atoms with E-state index in [4.69, 9.17) is 0 Å². The van der Waals surface area contributed by atoms with E-state index in [9.17, 15) is 8.42 Å². The van der Waals surface area contributed by atoms with Gasteiger partial charge in [0.1, 0.15) is 0 Å². The van der Waals surface area contributed by atoms with Crippen LogP contribution < -0.4 is 0 Å². The van der Waals surface area contributed by atoms with Gasteiger partial charge in [-0.2, -0.15) is 0 Å². The highest BCUT2D eigenvalue weighted by atomic mass is 32.2. The lowest BCUT2D eigenvalue weighted by Crippen LogP contribution is -2.62. The Hall–Kier alpha value is -0.0900. The first-order valence-electron chi connectivity index (χ1n) is 5.40. The summed E-state index contributed by atoms with van der Waals surface area (Å²) in [6.45, 7) is 3.29. The van der Waals surface area contributed by atoms with Gasteiger partial charge in [-0.15, -0.1) is 0 Å². The van der Waals surface area contributed by atoms with Gasteiger partial charge < -0.3 is 4.90 Å². The first-order chi connectivity index (χ1) is 6.49. The SMILES string of the molecule is CCC1N(C)CCCC12CS(=O)(=O)C2. The van der Waals surface area contributed by atoms with E-state index in [2.05, 4.69) is 18.9 Å². The van der Waals surface area contributed by atoms with E-state index in [1.807, 2.05) is 0 Å². The molecule has 1 atom stereocenters. The summed E-state index contributed by atoms with van der Waals surface area (Å²) in [4.78, 5) is 2.35. The zero-order valence-electron chi connectivity index (χ0n) is 8.99. The van der Waals surface area contributed by atoms with Crippen molar-refractivity contribution in [3.8, 4) is 0 Å². The molecule has 0 aliphatic carbocycles. The minimum atomic E-state index is -2.68. The van der Waals surface area contributed by atoms with Crippen molar-refractivity contribution in [3.63, 3.8) is 0 Å². The molecule has 1 unspecified atom stereocenters. The first kappa shape index (κ1) is 10.4. The monoisotopic (exact) mass is 217 g/mol. The number of rotatable bonds is 1. The normalized spacial score (nSPS) is 35.4. The van der Waals surface area contributed by atoms with Crippen LogP contribution in [0.3, 0.4) is 0 Å². The molecule has 0 aromatic carbocycles. The Kier molecular flexibility index (Phi) is 2.39. The minimum absolute atomic E-state index is 0.112. The molecule has 2 aliphatic heterocycles. The van der Waals surface area contributed by atoms with Crippen LogP contribution in [0, 0.1) is 5.41 Å². The maximum Gasteiger partial charge on any atom is 0.151 e. The van der Waals surface area contributed by atoms with Crippen molar-refractivity contribution >= 4 is 9.84 Å². The molecule has 2 heterocycles. The zero-order valence-corrected chi connectivity index (χ0v) is 9.81. The lowest BCUT2D eigenvalue weighted by molar-refractivity contribution is 0.0496. The van der Waals surface area contributed by atoms with E-state index >= 15 is 0 Å². The molecular weight excluding hydrogens is 198 g/mol. The summed E-state index contributed by atoms with van der Waals surface area (Å²) >= 11 is 0. The lowest BCUT2D eigenvalue weighted by Gasteiger charge is -2.53. The fourth-order valence-corrected chi connectivity index (χ4v) is 5.73. The molecule has 3 nitrogen and oxygen atoms in total. The van der Waals surface area contributed by atoms with Gasteiger partial charge in [0.15, 0.2) is 9.84 Å². The summed E-state index contributed by atoms with van der Waals surface area (Å²) in [5, 5.41) is 0. The molecule has 0 bridgehead atoms. The maximum atomic E-state index is 11.3. The molecule has 0 aromatic rings. The molecule has 4 heteroatoms. The van der Waals surface area contributed by atoms with Crippen molar-refractivity contribution in [1.29, 1.82) is 0 Å². The summed E-state index contributed by atoms with van der Waals surface area (Å²) in [5.74, 6) is 0.867. The molecule has 2 aliphatic rings. The van der Waals surface area contributed by atoms with Gasteiger partial charge in [-0.3, -0.25) is 0 Å². The third-order valence-electron chi connectivity index (χ3n) is 3.83. The number of sulfone groups is 1. The average Bonchev–Trinajstić information content (AvgIpc) is 2.01. The molecule has 0 amide bonds. The Balaban J connectivity index is 2.18. The van der Waals surface area contributed by atoms with E-state index in [1.54, 1.807) is 0 Å². The Bertz CT molecular complexity index is 311. The maximum absolute atomic E-state index is 11.3. The molecule has 2 fully saturated rings. The van der Waals surface area contributed by atoms with Gasteiger partial charge in [0.25, 0.3) is 0 Å². The fourth-order valence-electron chi connectivity index (χ4n) is 3.39. The van der Waals surface area contributed by atoms with E-state index < -0.39 is 9.84 Å². The number of hydrogen-bond donors (Lipinski definition) is 0. The quantitative estimate of drug-likeness (QED) is 0.655. The molecule has 0 radical (unpaired) electrons. The predicted molar refractivity (Wildman–Crippen MR) is 57.0 cm³/mol. The number of piperidine rings is 1. The third kappa shape index (κ3) is 1.48. The predicted octanol–water partition coefficient (Wildman–Crippen LogP) is 0.905. The van der Waals surface area contributed by atoms with Crippen molar-refractivity contribution < 1.29 is 8.42 Å². The summed E-state index contributed by atoms with van der Waals surface area (Å²) in [5.41, 5.74) is 0.112. The van der Waals surface area contributed by atoms with Crippen LogP contribution in [-0.4, -0.2) is 44.5 Å². The van der Waals surface area contributed by atoms with E-state index in [-0.39, 0.29) is 5.41 Å². The smallest absolute Gasteiger partial charge is 0.151 e. The second kappa shape index (κ2) is 3.20. The molecule has 14 heavy (non-hydrogen) atoms. The van der Waals surface area contributed by atoms with Crippen molar-refractivity contribution in [2.45, 2.75) is 32.2 Å². The van der Waals surface area contributed by atoms with Crippen molar-refractivity contribution in [1.82, 2.24) is 4.90 Å². The van der Waals surface area contributed by atoms with Gasteiger partial charge in [0.05, 0.1) is 11.5 Å². The topological polar surface area (TPSA) is 37.4 Å². The van der Waals surface area contributed by atoms with Crippen LogP contribution in [0.1, 0.15) is 26.2 Å². The largest absolute Gasteiger partial charge is 0.303 e. The fraction of sp³-hybridized carbons (Fsp3) is 1.00. The van der Waals surface area contributed by atoms with Crippen LogP contribution in [0.2, 0.25) is 0 Å². The van der Waals surface area contributed by atoms with Crippen LogP contribution in [0.5, 0.6) is 0 Å². The molecule has 0 saturated carbocycles. The third-order valence-corrected chi connectivity index (χ3v) is 5.86. The Morgan fingerprint density at radius 2 is 2.07 bits per heavy atom. The highest BCUT2D eigenvalue weighted by Crippen LogP contribution is 2.45. The van der Waals surface area contributed by atoms with Crippen molar-refractivity contribution in [2.24, 2.45) is 5.41 Å². The molecule has 2 saturated heterocycles. The van der Waals surface area contributed by atoms with E-state index in [0.29, 0.717) is 17.5 Å². The summed E-state index contributed by atoms with van der Waals surface area (Å²) in [7, 11) is -0.558. The van der Waals surface area contributed by atoms with Crippen LogP contribution in [0.25, 0.3) is 0 Å². The van der Waals surface area contributed by atoms with Crippen LogP contribution in [-0.2, 0) is 9.84 Å².